The molecule has 0 heterocycles. The maximum absolute atomic E-state index is 13.0. The van der Waals surface area contributed by atoms with E-state index in [0.29, 0.717) is 17.7 Å². The van der Waals surface area contributed by atoms with Crippen molar-refractivity contribution in [1.29, 1.82) is 0 Å². The lowest BCUT2D eigenvalue weighted by Crippen LogP contribution is -2.11. The molecule has 0 atom stereocenters. The van der Waals surface area contributed by atoms with Crippen molar-refractivity contribution in [3.8, 4) is 0 Å². The lowest BCUT2D eigenvalue weighted by atomic mass is 10.0. The van der Waals surface area contributed by atoms with E-state index in [2.05, 4.69) is 18.2 Å². The van der Waals surface area contributed by atoms with Crippen LogP contribution in [-0.4, -0.2) is 0 Å². The molecule has 0 nitrogen and oxygen atoms in total. The third kappa shape index (κ3) is 6.36. The summed E-state index contributed by atoms with van der Waals surface area (Å²) >= 11 is 0. The summed E-state index contributed by atoms with van der Waals surface area (Å²) in [6.45, 7) is 4.04. The van der Waals surface area contributed by atoms with Gasteiger partial charge >= 0.3 is 12.4 Å². The van der Waals surface area contributed by atoms with E-state index in [-0.39, 0.29) is 11.6 Å². The standard InChI is InChI=1S/C26H20F6/c1-17-11-18(2)13-21(12-17)9-7-19-3-5-20(6-4-19)8-10-22-14-23(25(27,28)29)16-24(15-22)26(30,31)32/h3-16H,1-2H3/b9-7+,10-8+. The second-order valence-corrected chi connectivity index (χ2v) is 7.59. The first-order valence-corrected chi connectivity index (χ1v) is 9.74. The van der Waals surface area contributed by atoms with Crippen LogP contribution >= 0.6 is 0 Å². The number of rotatable bonds is 4. The smallest absolute Gasteiger partial charge is 0.166 e. The first-order valence-electron chi connectivity index (χ1n) is 9.74. The highest BCUT2D eigenvalue weighted by molar-refractivity contribution is 5.73. The Kier molecular flexibility index (Phi) is 6.63. The molecular weight excluding hydrogens is 426 g/mol. The Morgan fingerprint density at radius 1 is 0.469 bits per heavy atom. The van der Waals surface area contributed by atoms with Crippen LogP contribution in [-0.2, 0) is 12.4 Å². The van der Waals surface area contributed by atoms with E-state index in [4.69, 9.17) is 0 Å². The average molecular weight is 446 g/mol. The minimum Gasteiger partial charge on any atom is -0.166 e. The predicted octanol–water partition coefficient (Wildman–Crippen LogP) is 8.68. The second kappa shape index (κ2) is 9.07. The van der Waals surface area contributed by atoms with E-state index in [0.717, 1.165) is 22.3 Å². The van der Waals surface area contributed by atoms with Crippen molar-refractivity contribution in [1.82, 2.24) is 0 Å². The van der Waals surface area contributed by atoms with E-state index in [9.17, 15) is 26.3 Å². The van der Waals surface area contributed by atoms with Gasteiger partial charge in [0, 0.05) is 0 Å². The summed E-state index contributed by atoms with van der Waals surface area (Å²) < 4.78 is 77.9. The summed E-state index contributed by atoms with van der Waals surface area (Å²) in [6, 6.07) is 14.9. The third-order valence-corrected chi connectivity index (χ3v) is 4.73. The van der Waals surface area contributed by atoms with E-state index in [1.54, 1.807) is 12.1 Å². The Labute approximate surface area is 182 Å². The van der Waals surface area contributed by atoms with Crippen molar-refractivity contribution in [3.05, 3.63) is 105 Å². The molecule has 32 heavy (non-hydrogen) atoms. The lowest BCUT2D eigenvalue weighted by Gasteiger charge is -2.12. The Hall–Kier alpha value is -3.28. The molecule has 0 fully saturated rings. The predicted molar refractivity (Wildman–Crippen MR) is 117 cm³/mol. The fraction of sp³-hybridized carbons (Fsp3) is 0.154. The van der Waals surface area contributed by atoms with Gasteiger partial charge in [-0.2, -0.15) is 26.3 Å². The molecule has 0 saturated carbocycles. The van der Waals surface area contributed by atoms with Gasteiger partial charge < -0.3 is 0 Å². The number of benzene rings is 3. The molecule has 6 heteroatoms. The maximum Gasteiger partial charge on any atom is 0.416 e. The number of hydrogen-bond acceptors (Lipinski definition) is 0. The zero-order valence-electron chi connectivity index (χ0n) is 17.4. The van der Waals surface area contributed by atoms with Gasteiger partial charge in [-0.3, -0.25) is 0 Å². The molecule has 0 spiro atoms. The molecule has 0 aliphatic heterocycles. The van der Waals surface area contributed by atoms with Crippen LogP contribution < -0.4 is 0 Å². The van der Waals surface area contributed by atoms with Crippen molar-refractivity contribution in [2.75, 3.05) is 0 Å². The van der Waals surface area contributed by atoms with Gasteiger partial charge in [-0.15, -0.1) is 0 Å². The fourth-order valence-electron chi connectivity index (χ4n) is 3.28. The zero-order chi connectivity index (χ0) is 23.5. The molecule has 0 saturated heterocycles. The summed E-state index contributed by atoms with van der Waals surface area (Å²) in [6.07, 6.45) is -3.10. The quantitative estimate of drug-likeness (QED) is 0.278. The maximum atomic E-state index is 13.0. The molecule has 0 bridgehead atoms. The van der Waals surface area contributed by atoms with Crippen LogP contribution in [0.15, 0.2) is 60.7 Å². The van der Waals surface area contributed by atoms with Crippen LogP contribution in [0.5, 0.6) is 0 Å². The minimum absolute atomic E-state index is 0.119. The van der Waals surface area contributed by atoms with Crippen molar-refractivity contribution in [2.24, 2.45) is 0 Å². The van der Waals surface area contributed by atoms with E-state index in [1.165, 1.54) is 12.2 Å². The van der Waals surface area contributed by atoms with E-state index in [1.807, 2.05) is 38.1 Å². The van der Waals surface area contributed by atoms with Crippen molar-refractivity contribution >= 4 is 24.3 Å². The largest absolute Gasteiger partial charge is 0.416 e. The molecule has 0 aliphatic rings. The van der Waals surface area contributed by atoms with E-state index >= 15 is 0 Å². The monoisotopic (exact) mass is 446 g/mol. The second-order valence-electron chi connectivity index (χ2n) is 7.59. The van der Waals surface area contributed by atoms with Gasteiger partial charge in [-0.05, 0) is 54.3 Å². The highest BCUT2D eigenvalue weighted by atomic mass is 19.4. The van der Waals surface area contributed by atoms with E-state index < -0.39 is 23.5 Å². The van der Waals surface area contributed by atoms with Gasteiger partial charge in [-0.1, -0.05) is 77.9 Å². The topological polar surface area (TPSA) is 0 Å². The van der Waals surface area contributed by atoms with Crippen LogP contribution in [0.4, 0.5) is 26.3 Å². The van der Waals surface area contributed by atoms with Crippen LogP contribution in [0.25, 0.3) is 24.3 Å². The number of aryl methyl sites for hydroxylation is 2. The number of halogens is 6. The SMILES string of the molecule is Cc1cc(C)cc(/C=C/c2ccc(/C=C/c3cc(C(F)(F)F)cc(C(F)(F)F)c3)cc2)c1. The van der Waals surface area contributed by atoms with Crippen LogP contribution in [0.2, 0.25) is 0 Å². The Morgan fingerprint density at radius 3 is 1.19 bits per heavy atom. The van der Waals surface area contributed by atoms with Gasteiger partial charge in [0.2, 0.25) is 0 Å². The summed E-state index contributed by atoms with van der Waals surface area (Å²) in [4.78, 5) is 0. The molecule has 3 aromatic rings. The third-order valence-electron chi connectivity index (χ3n) is 4.73. The Morgan fingerprint density at radius 2 is 0.812 bits per heavy atom. The van der Waals surface area contributed by atoms with Gasteiger partial charge in [0.05, 0.1) is 11.1 Å². The van der Waals surface area contributed by atoms with Gasteiger partial charge in [-0.25, -0.2) is 0 Å². The van der Waals surface area contributed by atoms with Crippen molar-refractivity contribution in [3.63, 3.8) is 0 Å². The summed E-state index contributed by atoms with van der Waals surface area (Å²) in [5, 5.41) is 0. The molecule has 0 amide bonds. The molecule has 3 aromatic carbocycles. The molecule has 0 aliphatic carbocycles. The number of hydrogen-bond donors (Lipinski definition) is 0. The van der Waals surface area contributed by atoms with Crippen LogP contribution in [0.3, 0.4) is 0 Å². The zero-order valence-corrected chi connectivity index (χ0v) is 17.4. The van der Waals surface area contributed by atoms with Gasteiger partial charge in [0.25, 0.3) is 0 Å². The highest BCUT2D eigenvalue weighted by Gasteiger charge is 2.36. The van der Waals surface area contributed by atoms with Crippen molar-refractivity contribution < 1.29 is 26.3 Å². The van der Waals surface area contributed by atoms with Gasteiger partial charge in [0.15, 0.2) is 0 Å². The normalized spacial score (nSPS) is 12.8. The van der Waals surface area contributed by atoms with Crippen LogP contribution in [0.1, 0.15) is 44.5 Å². The molecule has 166 valence electrons. The van der Waals surface area contributed by atoms with Crippen molar-refractivity contribution in [2.45, 2.75) is 26.2 Å². The summed E-state index contributed by atoms with van der Waals surface area (Å²) in [5.74, 6) is 0. The fourth-order valence-corrected chi connectivity index (χ4v) is 3.28. The molecule has 0 radical (unpaired) electrons. The molecule has 0 aromatic heterocycles. The lowest BCUT2D eigenvalue weighted by molar-refractivity contribution is -0.143. The summed E-state index contributed by atoms with van der Waals surface area (Å²) in [7, 11) is 0. The number of alkyl halides is 6. The highest BCUT2D eigenvalue weighted by Crippen LogP contribution is 2.36. The minimum atomic E-state index is -4.87. The molecule has 0 unspecified atom stereocenters. The first-order chi connectivity index (χ1) is 14.9. The molecule has 3 rings (SSSR count). The van der Waals surface area contributed by atoms with Crippen LogP contribution in [0, 0.1) is 13.8 Å². The summed E-state index contributed by atoms with van der Waals surface area (Å²) in [5.41, 5.74) is 2.11. The average Bonchev–Trinajstić information content (AvgIpc) is 2.69. The first kappa shape index (κ1) is 23.4. The Balaban J connectivity index is 1.80. The molecular formula is C26H20F6. The Bertz CT molecular complexity index is 1090. The van der Waals surface area contributed by atoms with Gasteiger partial charge in [0.1, 0.15) is 0 Å². The molecule has 0 N–H and O–H groups in total.